The number of nitrogens with zero attached hydrogens (tertiary/aromatic N) is 4. The highest BCUT2D eigenvalue weighted by Gasteiger charge is 2.25. The lowest BCUT2D eigenvalue weighted by molar-refractivity contribution is 0.0724. The van der Waals surface area contributed by atoms with E-state index in [0.717, 1.165) is 57.7 Å². The number of piperidine rings is 2. The Morgan fingerprint density at radius 3 is 2.58 bits per heavy atom. The van der Waals surface area contributed by atoms with Gasteiger partial charge in [0, 0.05) is 45.0 Å². The molecule has 1 N–H and O–H groups in total. The van der Waals surface area contributed by atoms with Gasteiger partial charge in [-0.2, -0.15) is 0 Å². The summed E-state index contributed by atoms with van der Waals surface area (Å²) in [4.78, 5) is 23.4. The maximum atomic E-state index is 12.6. The molecule has 0 aromatic carbocycles. The van der Waals surface area contributed by atoms with Gasteiger partial charge in [-0.05, 0) is 45.2 Å². The zero-order valence-corrected chi connectivity index (χ0v) is 16.3. The predicted molar refractivity (Wildman–Crippen MR) is 104 cm³/mol. The van der Waals surface area contributed by atoms with E-state index in [1.807, 2.05) is 4.90 Å². The molecule has 1 aromatic heterocycles. The van der Waals surface area contributed by atoms with Crippen LogP contribution in [-0.4, -0.2) is 78.2 Å². The Labute approximate surface area is 160 Å². The van der Waals surface area contributed by atoms with E-state index in [0.29, 0.717) is 23.2 Å². The van der Waals surface area contributed by atoms with Crippen molar-refractivity contribution in [2.45, 2.75) is 38.1 Å². The van der Waals surface area contributed by atoms with Crippen molar-refractivity contribution in [3.63, 3.8) is 0 Å². The van der Waals surface area contributed by atoms with E-state index in [4.69, 9.17) is 16.7 Å². The van der Waals surface area contributed by atoms with Crippen LogP contribution < -0.4 is 4.90 Å². The number of rotatable bonds is 5. The first-order valence-electron chi connectivity index (χ1n) is 9.61. The third kappa shape index (κ3) is 4.48. The number of likely N-dealkylation sites (tertiary alicyclic amines) is 1. The zero-order valence-electron chi connectivity index (χ0n) is 15.5. The van der Waals surface area contributed by atoms with Crippen LogP contribution in [0.15, 0.2) is 12.3 Å². The molecule has 1 amide bonds. The Morgan fingerprint density at radius 2 is 1.96 bits per heavy atom. The van der Waals surface area contributed by atoms with Crippen LogP contribution in [0.5, 0.6) is 0 Å². The number of carbonyl (C=O) groups is 1. The molecule has 144 valence electrons. The topological polar surface area (TPSA) is 59.9 Å². The van der Waals surface area contributed by atoms with Gasteiger partial charge in [0.1, 0.15) is 5.82 Å². The standard InChI is InChI=1S/C19H29ClN4O2/c1-22(11-12-25)16-5-9-23(10-6-16)18-17(20)13-15(14-21-18)19(26)24-7-3-2-4-8-24/h13-14,16,25H,2-12H2,1H3. The number of aliphatic hydroxyl groups is 1. The monoisotopic (exact) mass is 380 g/mol. The van der Waals surface area contributed by atoms with Crippen molar-refractivity contribution in [2.75, 3.05) is 51.3 Å². The van der Waals surface area contributed by atoms with Gasteiger partial charge in [-0.1, -0.05) is 11.6 Å². The molecule has 2 fully saturated rings. The normalized spacial score (nSPS) is 19.2. The Kier molecular flexibility index (Phi) is 6.73. The van der Waals surface area contributed by atoms with Gasteiger partial charge in [0.2, 0.25) is 0 Å². The van der Waals surface area contributed by atoms with E-state index >= 15 is 0 Å². The van der Waals surface area contributed by atoms with Crippen molar-refractivity contribution in [3.05, 3.63) is 22.8 Å². The van der Waals surface area contributed by atoms with Gasteiger partial charge in [0.05, 0.1) is 17.2 Å². The summed E-state index contributed by atoms with van der Waals surface area (Å²) in [5.74, 6) is 0.806. The molecule has 0 saturated carbocycles. The Bertz CT molecular complexity index is 614. The highest BCUT2D eigenvalue weighted by Crippen LogP contribution is 2.28. The maximum absolute atomic E-state index is 12.6. The fraction of sp³-hybridized carbons (Fsp3) is 0.684. The number of aromatic nitrogens is 1. The molecule has 2 aliphatic heterocycles. The molecule has 0 unspecified atom stereocenters. The van der Waals surface area contributed by atoms with Gasteiger partial charge >= 0.3 is 0 Å². The van der Waals surface area contributed by atoms with Crippen molar-refractivity contribution in [3.8, 4) is 0 Å². The molecule has 0 bridgehead atoms. The molecule has 2 aliphatic rings. The number of likely N-dealkylation sites (N-methyl/N-ethyl adjacent to an activating group) is 1. The summed E-state index contributed by atoms with van der Waals surface area (Å²) in [6.45, 7) is 4.31. The van der Waals surface area contributed by atoms with Gasteiger partial charge in [-0.3, -0.25) is 4.79 Å². The Balaban J connectivity index is 1.62. The SMILES string of the molecule is CN(CCO)C1CCN(c2ncc(C(=O)N3CCCCC3)cc2Cl)CC1. The van der Waals surface area contributed by atoms with Crippen LogP contribution in [0.4, 0.5) is 5.82 Å². The fourth-order valence-corrected chi connectivity index (χ4v) is 4.20. The van der Waals surface area contributed by atoms with Crippen molar-refractivity contribution < 1.29 is 9.90 Å². The zero-order chi connectivity index (χ0) is 18.5. The Hall–Kier alpha value is -1.37. The molecule has 3 heterocycles. The molecular weight excluding hydrogens is 352 g/mol. The number of aliphatic hydroxyl groups excluding tert-OH is 1. The van der Waals surface area contributed by atoms with E-state index in [1.54, 1.807) is 12.3 Å². The minimum Gasteiger partial charge on any atom is -0.395 e. The second kappa shape index (κ2) is 9.02. The van der Waals surface area contributed by atoms with Crippen LogP contribution in [0, 0.1) is 0 Å². The second-order valence-electron chi connectivity index (χ2n) is 7.30. The number of pyridine rings is 1. The van der Waals surface area contributed by atoms with E-state index < -0.39 is 0 Å². The third-order valence-corrected chi connectivity index (χ3v) is 5.83. The minimum atomic E-state index is 0.0370. The quantitative estimate of drug-likeness (QED) is 0.849. The number of halogens is 1. The van der Waals surface area contributed by atoms with Crippen molar-refractivity contribution >= 4 is 23.3 Å². The van der Waals surface area contributed by atoms with Gasteiger partial charge < -0.3 is 19.8 Å². The summed E-state index contributed by atoms with van der Waals surface area (Å²) in [5, 5.41) is 9.64. The molecule has 7 heteroatoms. The van der Waals surface area contributed by atoms with Crippen molar-refractivity contribution in [1.29, 1.82) is 0 Å². The van der Waals surface area contributed by atoms with Crippen LogP contribution in [-0.2, 0) is 0 Å². The summed E-state index contributed by atoms with van der Waals surface area (Å²) in [7, 11) is 2.06. The number of carbonyl (C=O) groups excluding carboxylic acids is 1. The molecule has 0 atom stereocenters. The van der Waals surface area contributed by atoms with Crippen LogP contribution in [0.3, 0.4) is 0 Å². The first kappa shape index (κ1) is 19.4. The molecule has 0 spiro atoms. The molecule has 6 nitrogen and oxygen atoms in total. The van der Waals surface area contributed by atoms with Crippen LogP contribution >= 0.6 is 11.6 Å². The third-order valence-electron chi connectivity index (χ3n) is 5.55. The molecule has 3 rings (SSSR count). The highest BCUT2D eigenvalue weighted by molar-refractivity contribution is 6.33. The number of amides is 1. The molecule has 0 radical (unpaired) electrons. The fourth-order valence-electron chi connectivity index (χ4n) is 3.92. The second-order valence-corrected chi connectivity index (χ2v) is 7.71. The lowest BCUT2D eigenvalue weighted by atomic mass is 10.0. The van der Waals surface area contributed by atoms with Gasteiger partial charge in [0.15, 0.2) is 0 Å². The van der Waals surface area contributed by atoms with E-state index in [-0.39, 0.29) is 12.5 Å². The average Bonchev–Trinajstić information content (AvgIpc) is 2.68. The van der Waals surface area contributed by atoms with Crippen LogP contribution in [0.1, 0.15) is 42.5 Å². The van der Waals surface area contributed by atoms with Crippen molar-refractivity contribution in [1.82, 2.24) is 14.8 Å². The smallest absolute Gasteiger partial charge is 0.255 e. The highest BCUT2D eigenvalue weighted by atomic mass is 35.5. The summed E-state index contributed by atoms with van der Waals surface area (Å²) >= 11 is 6.48. The van der Waals surface area contributed by atoms with Crippen LogP contribution in [0.25, 0.3) is 0 Å². The number of anilines is 1. The van der Waals surface area contributed by atoms with Gasteiger partial charge in [0.25, 0.3) is 5.91 Å². The van der Waals surface area contributed by atoms with Crippen molar-refractivity contribution in [2.24, 2.45) is 0 Å². The largest absolute Gasteiger partial charge is 0.395 e. The lowest BCUT2D eigenvalue weighted by Crippen LogP contribution is -2.44. The Morgan fingerprint density at radius 1 is 1.27 bits per heavy atom. The number of hydrogen-bond donors (Lipinski definition) is 1. The van der Waals surface area contributed by atoms with Gasteiger partial charge in [-0.25, -0.2) is 4.98 Å². The first-order chi connectivity index (χ1) is 12.6. The summed E-state index contributed by atoms with van der Waals surface area (Å²) in [5.41, 5.74) is 0.582. The number of hydrogen-bond acceptors (Lipinski definition) is 5. The average molecular weight is 381 g/mol. The van der Waals surface area contributed by atoms with E-state index in [9.17, 15) is 4.79 Å². The maximum Gasteiger partial charge on any atom is 0.255 e. The summed E-state index contributed by atoms with van der Waals surface area (Å²) in [6, 6.07) is 2.25. The lowest BCUT2D eigenvalue weighted by Gasteiger charge is -2.37. The molecule has 26 heavy (non-hydrogen) atoms. The molecular formula is C19H29ClN4O2. The molecule has 1 aromatic rings. The van der Waals surface area contributed by atoms with E-state index in [1.165, 1.54) is 6.42 Å². The molecule has 0 aliphatic carbocycles. The van der Waals surface area contributed by atoms with Crippen LogP contribution in [0.2, 0.25) is 5.02 Å². The summed E-state index contributed by atoms with van der Waals surface area (Å²) < 4.78 is 0. The van der Waals surface area contributed by atoms with E-state index in [2.05, 4.69) is 21.8 Å². The predicted octanol–water partition coefficient (Wildman–Crippen LogP) is 2.25. The van der Waals surface area contributed by atoms with Gasteiger partial charge in [-0.15, -0.1) is 0 Å². The molecule has 2 saturated heterocycles. The first-order valence-corrected chi connectivity index (χ1v) is 9.99. The minimum absolute atomic E-state index is 0.0370. The summed E-state index contributed by atoms with van der Waals surface area (Å²) in [6.07, 6.45) is 7.05.